The smallest absolute Gasteiger partial charge is 0.372 e. The summed E-state index contributed by atoms with van der Waals surface area (Å²) in [7, 11) is 0. The summed E-state index contributed by atoms with van der Waals surface area (Å²) < 4.78 is 48.2. The van der Waals surface area contributed by atoms with Crippen molar-refractivity contribution in [2.45, 2.75) is 19.4 Å². The monoisotopic (exact) mass is 588 g/mol. The van der Waals surface area contributed by atoms with E-state index < -0.39 is 17.7 Å². The summed E-state index contributed by atoms with van der Waals surface area (Å²) >= 11 is 0. The number of carbonyl (C=O) groups excluding carboxylic acids is 2. The normalized spacial score (nSPS) is 11.0. The SMILES string of the molecule is O=C(CCC(=O)C(=O)O)OCCOCCOCCOCCOCCOCCOCCOCCOCc1ccccc1. The fourth-order valence-electron chi connectivity index (χ4n) is 2.91. The van der Waals surface area contributed by atoms with Gasteiger partial charge in [-0.3, -0.25) is 9.59 Å². The summed E-state index contributed by atoms with van der Waals surface area (Å²) in [5.41, 5.74) is 1.14. The van der Waals surface area contributed by atoms with Gasteiger partial charge in [-0.25, -0.2) is 4.79 Å². The molecule has 0 saturated heterocycles. The molecule has 0 bridgehead atoms. The van der Waals surface area contributed by atoms with E-state index in [0.717, 1.165) is 5.56 Å². The second kappa shape index (κ2) is 27.7. The molecule has 0 unspecified atom stereocenters. The maximum Gasteiger partial charge on any atom is 0.372 e. The summed E-state index contributed by atoms with van der Waals surface area (Å²) in [6.45, 7) is 7.23. The fourth-order valence-corrected chi connectivity index (χ4v) is 2.91. The lowest BCUT2D eigenvalue weighted by Crippen LogP contribution is -2.17. The van der Waals surface area contributed by atoms with Crippen LogP contribution in [0.25, 0.3) is 0 Å². The number of carboxylic acid groups (broad SMARTS) is 1. The van der Waals surface area contributed by atoms with Crippen LogP contribution in [0, 0.1) is 0 Å². The molecule has 0 fully saturated rings. The van der Waals surface area contributed by atoms with Crippen molar-refractivity contribution < 1.29 is 62.1 Å². The first-order valence-corrected chi connectivity index (χ1v) is 13.7. The fraction of sp³-hybridized carbons (Fsp3) is 0.679. The Morgan fingerprint density at radius 3 is 1.24 bits per heavy atom. The standard InChI is InChI=1S/C28H44O13/c29-26(28(31)32)6-7-27(30)41-23-22-39-19-18-37-15-14-35-11-10-33-8-9-34-12-13-36-16-17-38-20-21-40-24-25-4-2-1-3-5-25/h1-5H,6-24H2,(H,31,32). The molecule has 234 valence electrons. The molecule has 41 heavy (non-hydrogen) atoms. The van der Waals surface area contributed by atoms with Gasteiger partial charge in [0.25, 0.3) is 0 Å². The molecule has 1 aromatic rings. The molecular weight excluding hydrogens is 544 g/mol. The summed E-state index contributed by atoms with van der Waals surface area (Å²) in [4.78, 5) is 32.6. The van der Waals surface area contributed by atoms with Gasteiger partial charge in [0.15, 0.2) is 0 Å². The molecule has 0 atom stereocenters. The lowest BCUT2D eigenvalue weighted by molar-refractivity contribution is -0.151. The Bertz CT molecular complexity index is 776. The van der Waals surface area contributed by atoms with Gasteiger partial charge in [0.05, 0.1) is 112 Å². The van der Waals surface area contributed by atoms with Crippen LogP contribution >= 0.6 is 0 Å². The first kappa shape index (κ1) is 36.5. The van der Waals surface area contributed by atoms with E-state index in [4.69, 9.17) is 47.7 Å². The largest absolute Gasteiger partial charge is 0.476 e. The summed E-state index contributed by atoms with van der Waals surface area (Å²) in [6.07, 6.45) is -0.653. The van der Waals surface area contributed by atoms with Gasteiger partial charge in [-0.2, -0.15) is 0 Å². The number of esters is 1. The average Bonchev–Trinajstić information content (AvgIpc) is 2.98. The molecule has 0 spiro atoms. The van der Waals surface area contributed by atoms with Crippen LogP contribution in [-0.2, 0) is 63.6 Å². The molecule has 1 N–H and O–H groups in total. The lowest BCUT2D eigenvalue weighted by Gasteiger charge is -2.09. The van der Waals surface area contributed by atoms with Crippen LogP contribution < -0.4 is 0 Å². The number of carboxylic acids is 1. The average molecular weight is 589 g/mol. The van der Waals surface area contributed by atoms with Gasteiger partial charge >= 0.3 is 11.9 Å². The number of ether oxygens (including phenoxy) is 9. The zero-order valence-corrected chi connectivity index (χ0v) is 23.7. The number of ketones is 1. The Morgan fingerprint density at radius 1 is 0.488 bits per heavy atom. The molecule has 0 aliphatic rings. The third-order valence-corrected chi connectivity index (χ3v) is 5.00. The second-order valence-corrected chi connectivity index (χ2v) is 8.27. The first-order valence-electron chi connectivity index (χ1n) is 13.7. The minimum absolute atomic E-state index is 0.0183. The molecule has 0 aliphatic heterocycles. The van der Waals surface area contributed by atoms with Crippen LogP contribution in [0.2, 0.25) is 0 Å². The molecule has 13 heteroatoms. The topological polar surface area (TPSA) is 155 Å². The van der Waals surface area contributed by atoms with Crippen molar-refractivity contribution in [2.24, 2.45) is 0 Å². The lowest BCUT2D eigenvalue weighted by atomic mass is 10.2. The number of hydrogen-bond donors (Lipinski definition) is 1. The van der Waals surface area contributed by atoms with Gasteiger partial charge in [-0.1, -0.05) is 30.3 Å². The zero-order valence-electron chi connectivity index (χ0n) is 23.7. The predicted molar refractivity (Wildman–Crippen MR) is 145 cm³/mol. The second-order valence-electron chi connectivity index (χ2n) is 8.27. The molecule has 0 aliphatic carbocycles. The Hall–Kier alpha value is -2.49. The van der Waals surface area contributed by atoms with Gasteiger partial charge in [0.1, 0.15) is 6.61 Å². The van der Waals surface area contributed by atoms with Crippen LogP contribution in [-0.4, -0.2) is 129 Å². The number of Topliss-reactive ketones (excluding diaryl/α,β-unsaturated/α-hetero) is 1. The first-order chi connectivity index (χ1) is 20.1. The quantitative estimate of drug-likeness (QED) is 0.0781. The molecule has 1 rings (SSSR count). The van der Waals surface area contributed by atoms with E-state index in [1.807, 2.05) is 30.3 Å². The Morgan fingerprint density at radius 2 is 0.854 bits per heavy atom. The van der Waals surface area contributed by atoms with Gasteiger partial charge in [-0.15, -0.1) is 0 Å². The van der Waals surface area contributed by atoms with E-state index in [1.54, 1.807) is 0 Å². The minimum Gasteiger partial charge on any atom is -0.476 e. The predicted octanol–water partition coefficient (Wildman–Crippen LogP) is 1.30. The van der Waals surface area contributed by atoms with Gasteiger partial charge in [0, 0.05) is 6.42 Å². The van der Waals surface area contributed by atoms with Crippen LogP contribution in [0.15, 0.2) is 30.3 Å². The number of hydrogen-bond acceptors (Lipinski definition) is 12. The van der Waals surface area contributed by atoms with Gasteiger partial charge in [-0.05, 0) is 5.56 Å². The molecule has 0 heterocycles. The minimum atomic E-state index is -1.56. The van der Waals surface area contributed by atoms with Crippen LogP contribution in [0.1, 0.15) is 18.4 Å². The Kier molecular flexibility index (Phi) is 24.7. The van der Waals surface area contributed by atoms with Crippen LogP contribution in [0.4, 0.5) is 0 Å². The van der Waals surface area contributed by atoms with Gasteiger partial charge < -0.3 is 47.7 Å². The molecule has 0 saturated carbocycles. The van der Waals surface area contributed by atoms with E-state index in [9.17, 15) is 14.4 Å². The zero-order chi connectivity index (χ0) is 29.6. The van der Waals surface area contributed by atoms with E-state index in [1.165, 1.54) is 0 Å². The number of aliphatic carboxylic acids is 1. The van der Waals surface area contributed by atoms with Crippen LogP contribution in [0.3, 0.4) is 0 Å². The summed E-state index contributed by atoms with van der Waals surface area (Å²) in [5, 5.41) is 8.43. The highest BCUT2D eigenvalue weighted by Crippen LogP contribution is 2.00. The highest BCUT2D eigenvalue weighted by molar-refractivity contribution is 6.32. The van der Waals surface area contributed by atoms with Crippen molar-refractivity contribution in [1.29, 1.82) is 0 Å². The number of carbonyl (C=O) groups is 3. The maximum absolute atomic E-state index is 11.3. The van der Waals surface area contributed by atoms with E-state index in [2.05, 4.69) is 0 Å². The Labute approximate surface area is 241 Å². The molecule has 13 nitrogen and oxygen atoms in total. The molecular formula is C28H44O13. The number of rotatable bonds is 30. The van der Waals surface area contributed by atoms with Crippen molar-refractivity contribution in [3.8, 4) is 0 Å². The molecule has 0 amide bonds. The van der Waals surface area contributed by atoms with Crippen molar-refractivity contribution in [3.05, 3.63) is 35.9 Å². The molecule has 0 aromatic heterocycles. The summed E-state index contributed by atoms with van der Waals surface area (Å²) in [6, 6.07) is 10.0. The van der Waals surface area contributed by atoms with Gasteiger partial charge in [0.2, 0.25) is 5.78 Å². The van der Waals surface area contributed by atoms with Crippen LogP contribution in [0.5, 0.6) is 0 Å². The van der Waals surface area contributed by atoms with E-state index in [-0.39, 0.29) is 26.1 Å². The van der Waals surface area contributed by atoms with Crippen molar-refractivity contribution in [3.63, 3.8) is 0 Å². The van der Waals surface area contributed by atoms with Crippen molar-refractivity contribution in [2.75, 3.05) is 106 Å². The Balaban J connectivity index is 1.67. The maximum atomic E-state index is 11.3. The third kappa shape index (κ3) is 25.0. The van der Waals surface area contributed by atoms with E-state index >= 15 is 0 Å². The van der Waals surface area contributed by atoms with Crippen molar-refractivity contribution in [1.82, 2.24) is 0 Å². The molecule has 1 aromatic carbocycles. The summed E-state index contributed by atoms with van der Waals surface area (Å²) in [5.74, 6) is -3.23. The molecule has 0 radical (unpaired) electrons. The van der Waals surface area contributed by atoms with Crippen molar-refractivity contribution >= 4 is 17.7 Å². The highest BCUT2D eigenvalue weighted by atomic mass is 16.6. The van der Waals surface area contributed by atoms with E-state index in [0.29, 0.717) is 99.1 Å². The third-order valence-electron chi connectivity index (χ3n) is 5.00. The number of benzene rings is 1. The highest BCUT2D eigenvalue weighted by Gasteiger charge is 2.14.